The van der Waals surface area contributed by atoms with Crippen molar-refractivity contribution in [1.29, 1.82) is 0 Å². The summed E-state index contributed by atoms with van der Waals surface area (Å²) in [4.78, 5) is 30.7. The number of nitrogens with one attached hydrogen (secondary N) is 1. The van der Waals surface area contributed by atoms with E-state index in [0.717, 1.165) is 47.6 Å². The second-order valence-corrected chi connectivity index (χ2v) is 10.4. The minimum atomic E-state index is -0.265. The van der Waals surface area contributed by atoms with E-state index in [1.807, 2.05) is 46.3 Å². The molecule has 156 valence electrons. The Morgan fingerprint density at radius 1 is 1.27 bits per heavy atom. The second kappa shape index (κ2) is 7.74. The monoisotopic (exact) mass is 440 g/mol. The van der Waals surface area contributed by atoms with Gasteiger partial charge in [0.2, 0.25) is 5.91 Å². The maximum absolute atomic E-state index is 12.9. The van der Waals surface area contributed by atoms with Crippen LogP contribution in [0.15, 0.2) is 41.9 Å². The Hall–Kier alpha value is -2.32. The van der Waals surface area contributed by atoms with Crippen molar-refractivity contribution in [3.8, 4) is 11.3 Å². The Morgan fingerprint density at radius 2 is 2.03 bits per heavy atom. The molecule has 0 atom stereocenters. The van der Waals surface area contributed by atoms with Crippen LogP contribution in [0.2, 0.25) is 0 Å². The van der Waals surface area contributed by atoms with Crippen molar-refractivity contribution in [3.63, 3.8) is 0 Å². The predicted octanol–water partition coefficient (Wildman–Crippen LogP) is 4.12. The number of hydrazine groups is 1. The highest BCUT2D eigenvalue weighted by Gasteiger charge is 2.48. The Kier molecular flexibility index (Phi) is 5.06. The third-order valence-electron chi connectivity index (χ3n) is 6.11. The summed E-state index contributed by atoms with van der Waals surface area (Å²) in [6.45, 7) is 2.26. The predicted molar refractivity (Wildman–Crippen MR) is 120 cm³/mol. The molecule has 1 aliphatic carbocycles. The number of aromatic nitrogens is 2. The Bertz CT molecular complexity index is 1080. The van der Waals surface area contributed by atoms with Gasteiger partial charge in [0.15, 0.2) is 4.96 Å². The van der Waals surface area contributed by atoms with Gasteiger partial charge in [-0.25, -0.2) is 9.99 Å². The van der Waals surface area contributed by atoms with Gasteiger partial charge in [-0.05, 0) is 31.6 Å². The Morgan fingerprint density at radius 3 is 2.80 bits per heavy atom. The third-order valence-corrected chi connectivity index (χ3v) is 8.52. The van der Waals surface area contributed by atoms with E-state index in [1.54, 1.807) is 16.8 Å². The van der Waals surface area contributed by atoms with Gasteiger partial charge in [-0.2, -0.15) is 0 Å². The van der Waals surface area contributed by atoms with Gasteiger partial charge >= 0.3 is 0 Å². The lowest BCUT2D eigenvalue weighted by Crippen LogP contribution is -2.56. The lowest BCUT2D eigenvalue weighted by atomic mass is 9.86. The molecule has 5 rings (SSSR count). The fourth-order valence-corrected chi connectivity index (χ4v) is 6.53. The fraction of sp³-hybridized carbons (Fsp3) is 0.409. The molecule has 6 nitrogen and oxygen atoms in total. The number of amides is 2. The molecule has 3 aromatic rings. The van der Waals surface area contributed by atoms with E-state index in [0.29, 0.717) is 11.7 Å². The van der Waals surface area contributed by atoms with Crippen molar-refractivity contribution in [1.82, 2.24) is 19.8 Å². The number of hydrogen-bond acceptors (Lipinski definition) is 5. The van der Waals surface area contributed by atoms with E-state index in [-0.39, 0.29) is 23.1 Å². The zero-order valence-electron chi connectivity index (χ0n) is 16.8. The maximum atomic E-state index is 12.9. The maximum Gasteiger partial charge on any atom is 0.252 e. The lowest BCUT2D eigenvalue weighted by Gasteiger charge is -2.41. The zero-order chi connectivity index (χ0) is 20.7. The molecule has 2 aliphatic rings. The summed E-state index contributed by atoms with van der Waals surface area (Å²) in [6.07, 6.45) is 6.26. The highest BCUT2D eigenvalue weighted by Crippen LogP contribution is 2.47. The van der Waals surface area contributed by atoms with E-state index in [9.17, 15) is 9.59 Å². The standard InChI is InChI=1S/C22H24N4O2S2/c1-15-7-9-22(10-8-15)26(20(28)14-30-22)24-19(27)11-17-13-29-21-23-18(12-25(17)21)16-5-3-2-4-6-16/h2-6,12-13,15H,7-11,14H2,1H3,(H,24,27). The lowest BCUT2D eigenvalue weighted by molar-refractivity contribution is -0.143. The van der Waals surface area contributed by atoms with E-state index in [2.05, 4.69) is 17.3 Å². The molecule has 2 amide bonds. The van der Waals surface area contributed by atoms with Crippen molar-refractivity contribution in [3.05, 3.63) is 47.6 Å². The topological polar surface area (TPSA) is 66.7 Å². The van der Waals surface area contributed by atoms with Crippen LogP contribution in [0.4, 0.5) is 0 Å². The number of thioether (sulfide) groups is 1. The first kappa shape index (κ1) is 19.6. The summed E-state index contributed by atoms with van der Waals surface area (Å²) in [5, 5.41) is 3.61. The van der Waals surface area contributed by atoms with Gasteiger partial charge in [-0.3, -0.25) is 19.4 Å². The minimum absolute atomic E-state index is 0.00682. The first-order valence-corrected chi connectivity index (χ1v) is 12.2. The Balaban J connectivity index is 1.32. The van der Waals surface area contributed by atoms with Gasteiger partial charge in [-0.15, -0.1) is 23.1 Å². The highest BCUT2D eigenvalue weighted by atomic mass is 32.2. The summed E-state index contributed by atoms with van der Waals surface area (Å²) in [6, 6.07) is 10.0. The van der Waals surface area contributed by atoms with Crippen molar-refractivity contribution < 1.29 is 9.59 Å². The Labute approximate surface area is 183 Å². The summed E-state index contributed by atoms with van der Waals surface area (Å²) in [5.74, 6) is 0.980. The number of carbonyl (C=O) groups excluding carboxylic acids is 2. The molecule has 3 heterocycles. The van der Waals surface area contributed by atoms with Gasteiger partial charge in [0, 0.05) is 22.8 Å². The van der Waals surface area contributed by atoms with Gasteiger partial charge in [-0.1, -0.05) is 37.3 Å². The van der Waals surface area contributed by atoms with Crippen molar-refractivity contribution >= 4 is 39.9 Å². The van der Waals surface area contributed by atoms with Gasteiger partial charge in [0.05, 0.1) is 17.9 Å². The van der Waals surface area contributed by atoms with Crippen LogP contribution in [0.3, 0.4) is 0 Å². The molecule has 0 unspecified atom stereocenters. The number of carbonyl (C=O) groups is 2. The van der Waals surface area contributed by atoms with E-state index in [1.165, 1.54) is 11.3 Å². The number of nitrogens with zero attached hydrogens (tertiary/aromatic N) is 3. The summed E-state index contributed by atoms with van der Waals surface area (Å²) >= 11 is 3.21. The van der Waals surface area contributed by atoms with Crippen molar-refractivity contribution in [2.75, 3.05) is 5.75 Å². The van der Waals surface area contributed by atoms with E-state index >= 15 is 0 Å². The first-order chi connectivity index (χ1) is 14.5. The average Bonchev–Trinajstić information content (AvgIpc) is 3.42. The van der Waals surface area contributed by atoms with Crippen LogP contribution in [0.25, 0.3) is 16.2 Å². The SMILES string of the molecule is CC1CCC2(CC1)SCC(=O)N2NC(=O)Cc1csc2nc(-c3ccccc3)cn12. The normalized spacial score (nSPS) is 24.1. The highest BCUT2D eigenvalue weighted by molar-refractivity contribution is 8.01. The molecule has 1 saturated carbocycles. The molecule has 0 bridgehead atoms. The molecule has 1 aromatic carbocycles. The molecule has 8 heteroatoms. The molecule has 2 fully saturated rings. The van der Waals surface area contributed by atoms with Crippen LogP contribution < -0.4 is 5.43 Å². The minimum Gasteiger partial charge on any atom is -0.294 e. The van der Waals surface area contributed by atoms with Gasteiger partial charge in [0.1, 0.15) is 4.87 Å². The number of thiazole rings is 1. The van der Waals surface area contributed by atoms with Crippen LogP contribution in [0.5, 0.6) is 0 Å². The molecule has 30 heavy (non-hydrogen) atoms. The van der Waals surface area contributed by atoms with E-state index < -0.39 is 0 Å². The van der Waals surface area contributed by atoms with Crippen LogP contribution in [0, 0.1) is 5.92 Å². The summed E-state index contributed by atoms with van der Waals surface area (Å²) < 4.78 is 1.98. The largest absolute Gasteiger partial charge is 0.294 e. The zero-order valence-corrected chi connectivity index (χ0v) is 18.5. The number of imidazole rings is 1. The first-order valence-electron chi connectivity index (χ1n) is 10.3. The average molecular weight is 441 g/mol. The van der Waals surface area contributed by atoms with Gasteiger partial charge < -0.3 is 0 Å². The molecule has 1 aliphatic heterocycles. The molecule has 1 spiro atoms. The van der Waals surface area contributed by atoms with Crippen LogP contribution in [-0.4, -0.2) is 36.8 Å². The molecular weight excluding hydrogens is 416 g/mol. The molecule has 2 aromatic heterocycles. The van der Waals surface area contributed by atoms with Crippen molar-refractivity contribution in [2.45, 2.75) is 43.9 Å². The molecule has 1 saturated heterocycles. The van der Waals surface area contributed by atoms with Crippen LogP contribution >= 0.6 is 23.1 Å². The summed E-state index contributed by atoms with van der Waals surface area (Å²) in [7, 11) is 0. The summed E-state index contributed by atoms with van der Waals surface area (Å²) in [5.41, 5.74) is 5.77. The quantitative estimate of drug-likeness (QED) is 0.663. The second-order valence-electron chi connectivity index (χ2n) is 8.23. The number of hydrogen-bond donors (Lipinski definition) is 1. The van der Waals surface area contributed by atoms with Crippen LogP contribution in [0.1, 0.15) is 38.3 Å². The molecule has 1 N–H and O–H groups in total. The molecule has 0 radical (unpaired) electrons. The number of fused-ring (bicyclic) bond motifs is 1. The number of benzene rings is 1. The van der Waals surface area contributed by atoms with Crippen LogP contribution in [-0.2, 0) is 16.0 Å². The molecular formula is C22H24N4O2S2. The van der Waals surface area contributed by atoms with E-state index in [4.69, 9.17) is 0 Å². The fourth-order valence-electron chi connectivity index (χ4n) is 4.33. The number of rotatable bonds is 4. The third kappa shape index (κ3) is 3.52. The smallest absolute Gasteiger partial charge is 0.252 e. The van der Waals surface area contributed by atoms with Crippen molar-refractivity contribution in [2.24, 2.45) is 5.92 Å². The van der Waals surface area contributed by atoms with Gasteiger partial charge in [0.25, 0.3) is 5.91 Å².